The van der Waals surface area contributed by atoms with Crippen LogP contribution in [-0.2, 0) is 0 Å². The minimum Gasteiger partial charge on any atom is -0.356 e. The van der Waals surface area contributed by atoms with Gasteiger partial charge in [-0.2, -0.15) is 0 Å². The Hall–Kier alpha value is -0.570. The van der Waals surface area contributed by atoms with Crippen molar-refractivity contribution in [2.45, 2.75) is 20.8 Å². The first-order chi connectivity index (χ1) is 7.50. The van der Waals surface area contributed by atoms with Gasteiger partial charge in [0.1, 0.15) is 5.82 Å². The number of hydrogen-bond donors (Lipinski definition) is 0. The molecule has 1 aliphatic heterocycles. The fraction of sp³-hybridized carbons (Fsp3) is 0.615. The molecule has 2 heterocycles. The van der Waals surface area contributed by atoms with Crippen molar-refractivity contribution in [3.63, 3.8) is 0 Å². The fourth-order valence-corrected chi connectivity index (χ4v) is 3.23. The smallest absolute Gasteiger partial charge is 0.128 e. The molecule has 0 bridgehead atoms. The zero-order chi connectivity index (χ0) is 11.5. The number of aromatic nitrogens is 1. The number of hydrogen-bond acceptors (Lipinski definition) is 2. The number of pyridine rings is 1. The maximum Gasteiger partial charge on any atom is 0.128 e. The lowest BCUT2D eigenvalue weighted by molar-refractivity contribution is 0.498. The van der Waals surface area contributed by atoms with E-state index in [1.54, 1.807) is 0 Å². The normalized spacial score (nSPS) is 30.4. The van der Waals surface area contributed by atoms with Gasteiger partial charge < -0.3 is 4.90 Å². The molecule has 1 aromatic heterocycles. The van der Waals surface area contributed by atoms with Crippen molar-refractivity contribution < 1.29 is 0 Å². The van der Waals surface area contributed by atoms with E-state index in [4.69, 9.17) is 0 Å². The molecule has 0 N–H and O–H groups in total. The maximum absolute atomic E-state index is 4.50. The summed E-state index contributed by atoms with van der Waals surface area (Å²) in [6, 6.07) is 2.18. The molecule has 2 fully saturated rings. The highest BCUT2D eigenvalue weighted by atomic mass is 79.9. The van der Waals surface area contributed by atoms with Crippen LogP contribution >= 0.6 is 15.9 Å². The molecule has 0 radical (unpaired) electrons. The Morgan fingerprint density at radius 2 is 2.00 bits per heavy atom. The van der Waals surface area contributed by atoms with Crippen LogP contribution in [0.4, 0.5) is 5.82 Å². The lowest BCUT2D eigenvalue weighted by atomic mass is 10.1. The zero-order valence-electron chi connectivity index (χ0n) is 10.00. The van der Waals surface area contributed by atoms with Crippen LogP contribution in [0, 0.1) is 24.2 Å². The van der Waals surface area contributed by atoms with E-state index >= 15 is 0 Å². The van der Waals surface area contributed by atoms with Gasteiger partial charge >= 0.3 is 0 Å². The summed E-state index contributed by atoms with van der Waals surface area (Å²) in [6.45, 7) is 9.27. The monoisotopic (exact) mass is 280 g/mol. The number of piperidine rings is 1. The molecule has 2 aliphatic rings. The molecule has 3 rings (SSSR count). The van der Waals surface area contributed by atoms with Gasteiger partial charge in [-0.3, -0.25) is 0 Å². The van der Waals surface area contributed by atoms with Gasteiger partial charge in [0, 0.05) is 23.8 Å². The van der Waals surface area contributed by atoms with Gasteiger partial charge in [0.25, 0.3) is 0 Å². The minimum atomic E-state index is 0.584. The molecule has 2 unspecified atom stereocenters. The lowest BCUT2D eigenvalue weighted by Gasteiger charge is -2.23. The second-order valence-corrected chi connectivity index (χ2v) is 6.59. The van der Waals surface area contributed by atoms with Crippen LogP contribution in [0.15, 0.2) is 16.7 Å². The summed E-state index contributed by atoms with van der Waals surface area (Å²) in [5.74, 6) is 2.92. The molecule has 0 amide bonds. The molecule has 0 aromatic carbocycles. The molecule has 2 atom stereocenters. The molecule has 1 saturated carbocycles. The van der Waals surface area contributed by atoms with Crippen LogP contribution in [0.2, 0.25) is 0 Å². The van der Waals surface area contributed by atoms with E-state index in [1.165, 1.54) is 18.7 Å². The van der Waals surface area contributed by atoms with Crippen LogP contribution in [0.3, 0.4) is 0 Å². The molecule has 2 nitrogen and oxygen atoms in total. The van der Waals surface area contributed by atoms with Crippen molar-refractivity contribution in [2.24, 2.45) is 17.3 Å². The van der Waals surface area contributed by atoms with Gasteiger partial charge in [-0.15, -0.1) is 0 Å². The average Bonchev–Trinajstić information content (AvgIpc) is 2.67. The first-order valence-electron chi connectivity index (χ1n) is 5.87. The molecule has 16 heavy (non-hydrogen) atoms. The van der Waals surface area contributed by atoms with E-state index in [9.17, 15) is 0 Å². The van der Waals surface area contributed by atoms with Crippen LogP contribution < -0.4 is 4.90 Å². The predicted molar refractivity (Wildman–Crippen MR) is 69.6 cm³/mol. The second kappa shape index (κ2) is 3.22. The van der Waals surface area contributed by atoms with Crippen molar-refractivity contribution in [3.8, 4) is 0 Å². The summed E-state index contributed by atoms with van der Waals surface area (Å²) < 4.78 is 1.10. The molecule has 0 spiro atoms. The Morgan fingerprint density at radius 1 is 1.38 bits per heavy atom. The number of nitrogens with zero attached hydrogens (tertiary/aromatic N) is 2. The third-order valence-corrected chi connectivity index (χ3v) is 5.31. The predicted octanol–water partition coefficient (Wildman–Crippen LogP) is 3.24. The first kappa shape index (κ1) is 10.6. The Labute approximate surface area is 105 Å². The maximum atomic E-state index is 4.50. The lowest BCUT2D eigenvalue weighted by Crippen LogP contribution is -2.26. The minimum absolute atomic E-state index is 0.584. The van der Waals surface area contributed by atoms with Crippen molar-refractivity contribution in [1.29, 1.82) is 0 Å². The van der Waals surface area contributed by atoms with Gasteiger partial charge in [-0.05, 0) is 51.7 Å². The molecule has 86 valence electrons. The van der Waals surface area contributed by atoms with Crippen LogP contribution in [0.1, 0.15) is 19.4 Å². The highest BCUT2D eigenvalue weighted by Gasteiger charge is 2.62. The van der Waals surface area contributed by atoms with Gasteiger partial charge in [0.05, 0.1) is 0 Å². The largest absolute Gasteiger partial charge is 0.356 e. The molecule has 1 aromatic rings. The highest BCUT2D eigenvalue weighted by molar-refractivity contribution is 9.10. The number of anilines is 1. The van der Waals surface area contributed by atoms with Gasteiger partial charge in [0.15, 0.2) is 0 Å². The number of fused-ring (bicyclic) bond motifs is 1. The second-order valence-electron chi connectivity index (χ2n) is 5.73. The van der Waals surface area contributed by atoms with E-state index in [2.05, 4.69) is 52.7 Å². The Balaban J connectivity index is 1.79. The van der Waals surface area contributed by atoms with E-state index < -0.39 is 0 Å². The molecule has 1 saturated heterocycles. The van der Waals surface area contributed by atoms with Crippen molar-refractivity contribution >= 4 is 21.7 Å². The topological polar surface area (TPSA) is 16.1 Å². The van der Waals surface area contributed by atoms with E-state index in [1.807, 2.05) is 6.20 Å². The van der Waals surface area contributed by atoms with Gasteiger partial charge in [-0.25, -0.2) is 4.98 Å². The highest BCUT2D eigenvalue weighted by Crippen LogP contribution is 2.62. The average molecular weight is 281 g/mol. The molecular formula is C13H17BrN2. The van der Waals surface area contributed by atoms with Gasteiger partial charge in [-0.1, -0.05) is 13.8 Å². The van der Waals surface area contributed by atoms with E-state index in [0.717, 1.165) is 22.1 Å². The number of rotatable bonds is 1. The summed E-state index contributed by atoms with van der Waals surface area (Å²) in [6.07, 6.45) is 1.92. The van der Waals surface area contributed by atoms with Crippen LogP contribution in [0.25, 0.3) is 0 Å². The van der Waals surface area contributed by atoms with Crippen LogP contribution in [-0.4, -0.2) is 18.1 Å². The van der Waals surface area contributed by atoms with Crippen LogP contribution in [0.5, 0.6) is 0 Å². The standard InChI is InChI=1S/C13H17BrN2/c1-8-4-12(15-5-11(8)14)16-6-9-10(7-16)13(9,2)3/h4-5,9-10H,6-7H2,1-3H3. The van der Waals surface area contributed by atoms with Crippen molar-refractivity contribution in [1.82, 2.24) is 4.98 Å². The van der Waals surface area contributed by atoms with Crippen molar-refractivity contribution in [2.75, 3.05) is 18.0 Å². The first-order valence-corrected chi connectivity index (χ1v) is 6.66. The summed E-state index contributed by atoms with van der Waals surface area (Å²) in [7, 11) is 0. The quantitative estimate of drug-likeness (QED) is 0.785. The summed E-state index contributed by atoms with van der Waals surface area (Å²) >= 11 is 3.50. The van der Waals surface area contributed by atoms with Crippen molar-refractivity contribution in [3.05, 3.63) is 22.3 Å². The number of aryl methyl sites for hydroxylation is 1. The SMILES string of the molecule is Cc1cc(N2CC3C(C2)C3(C)C)ncc1Br. The summed E-state index contributed by atoms with van der Waals surface area (Å²) in [5, 5.41) is 0. The third-order valence-electron chi connectivity index (χ3n) is 4.48. The molecular weight excluding hydrogens is 264 g/mol. The number of halogens is 1. The Morgan fingerprint density at radius 3 is 2.56 bits per heavy atom. The fourth-order valence-electron chi connectivity index (χ4n) is 3.02. The van der Waals surface area contributed by atoms with E-state index in [0.29, 0.717) is 5.41 Å². The summed E-state index contributed by atoms with van der Waals surface area (Å²) in [5.41, 5.74) is 1.85. The zero-order valence-corrected chi connectivity index (χ0v) is 11.6. The molecule has 3 heteroatoms. The molecule has 1 aliphatic carbocycles. The van der Waals surface area contributed by atoms with Gasteiger partial charge in [0.2, 0.25) is 0 Å². The Bertz CT molecular complexity index is 428. The van der Waals surface area contributed by atoms with E-state index in [-0.39, 0.29) is 0 Å². The third kappa shape index (κ3) is 1.41. The Kier molecular flexibility index (Phi) is 2.13. The summed E-state index contributed by atoms with van der Waals surface area (Å²) in [4.78, 5) is 6.93.